The number of H-pyrrole nitrogens is 1. The molecule has 1 saturated heterocycles. The number of hydrogen-bond donors (Lipinski definition) is 2. The van der Waals surface area contributed by atoms with Crippen molar-refractivity contribution in [2.45, 2.75) is 39.2 Å². The molecule has 2 aromatic heterocycles. The largest absolute Gasteiger partial charge is 0.361 e. The Morgan fingerprint density at radius 3 is 2.86 bits per heavy atom. The molecule has 8 heteroatoms. The van der Waals surface area contributed by atoms with E-state index in [9.17, 15) is 13.2 Å². The zero-order chi connectivity index (χ0) is 20.6. The number of para-hydroxylation sites is 1. The highest BCUT2D eigenvalue weighted by atomic mass is 32.2. The number of aryl methyl sites for hydroxylation is 1. The van der Waals surface area contributed by atoms with Gasteiger partial charge in [-0.3, -0.25) is 9.48 Å². The summed E-state index contributed by atoms with van der Waals surface area (Å²) in [7, 11) is -2.98. The first-order valence-electron chi connectivity index (χ1n) is 9.91. The second-order valence-electron chi connectivity index (χ2n) is 7.79. The molecular weight excluding hydrogens is 388 g/mol. The molecule has 154 valence electrons. The summed E-state index contributed by atoms with van der Waals surface area (Å²) in [5.74, 6) is 0.292. The minimum Gasteiger partial charge on any atom is -0.361 e. The summed E-state index contributed by atoms with van der Waals surface area (Å²) in [5.41, 5.74) is 4.85. The van der Waals surface area contributed by atoms with Gasteiger partial charge in [0.25, 0.3) is 0 Å². The standard InChI is InChI=1S/C21H26N4O3S/c1-14-19(15(2)25(24-14)17-8-10-29(27,28)13-17)11-21(26)22-9-7-16-12-23-20-6-4-3-5-18(16)20/h3-6,12,17,23H,7-11,13H2,1-2H3,(H,22,26). The zero-order valence-electron chi connectivity index (χ0n) is 16.7. The van der Waals surface area contributed by atoms with Crippen molar-refractivity contribution in [3.63, 3.8) is 0 Å². The minimum atomic E-state index is -2.98. The maximum Gasteiger partial charge on any atom is 0.224 e. The Balaban J connectivity index is 1.37. The van der Waals surface area contributed by atoms with Crippen LogP contribution < -0.4 is 5.32 Å². The van der Waals surface area contributed by atoms with Gasteiger partial charge in [0.2, 0.25) is 5.91 Å². The van der Waals surface area contributed by atoms with Crippen LogP contribution in [0.15, 0.2) is 30.5 Å². The monoisotopic (exact) mass is 414 g/mol. The van der Waals surface area contributed by atoms with Crippen molar-refractivity contribution in [2.24, 2.45) is 0 Å². The first-order chi connectivity index (χ1) is 13.8. The van der Waals surface area contributed by atoms with Gasteiger partial charge in [-0.05, 0) is 38.3 Å². The summed E-state index contributed by atoms with van der Waals surface area (Å²) in [4.78, 5) is 15.7. The maximum atomic E-state index is 12.5. The summed E-state index contributed by atoms with van der Waals surface area (Å²) < 4.78 is 25.4. The lowest BCUT2D eigenvalue weighted by atomic mass is 10.1. The number of amides is 1. The molecule has 0 aliphatic carbocycles. The van der Waals surface area contributed by atoms with Gasteiger partial charge in [-0.15, -0.1) is 0 Å². The SMILES string of the molecule is Cc1nn(C2CCS(=O)(=O)C2)c(C)c1CC(=O)NCCc1c[nH]c2ccccc12. The molecular formula is C21H26N4O3S. The van der Waals surface area contributed by atoms with E-state index in [2.05, 4.69) is 21.5 Å². The van der Waals surface area contributed by atoms with E-state index in [1.165, 1.54) is 10.9 Å². The molecule has 1 amide bonds. The summed E-state index contributed by atoms with van der Waals surface area (Å²) in [5, 5.41) is 8.71. The topological polar surface area (TPSA) is 96.8 Å². The lowest BCUT2D eigenvalue weighted by molar-refractivity contribution is -0.120. The average Bonchev–Trinajstić information content (AvgIpc) is 3.33. The summed E-state index contributed by atoms with van der Waals surface area (Å²) >= 11 is 0. The van der Waals surface area contributed by atoms with E-state index in [0.717, 1.165) is 28.9 Å². The fourth-order valence-corrected chi connectivity index (χ4v) is 5.87. The van der Waals surface area contributed by atoms with E-state index < -0.39 is 9.84 Å². The van der Waals surface area contributed by atoms with Crippen LogP contribution in [-0.4, -0.2) is 47.1 Å². The number of rotatable bonds is 6. The molecule has 0 bridgehead atoms. The third-order valence-electron chi connectivity index (χ3n) is 5.76. The van der Waals surface area contributed by atoms with Gasteiger partial charge in [0, 0.05) is 34.9 Å². The predicted octanol–water partition coefficient (Wildman–Crippen LogP) is 2.24. The van der Waals surface area contributed by atoms with Crippen LogP contribution in [0.2, 0.25) is 0 Å². The third kappa shape index (κ3) is 4.07. The molecule has 2 N–H and O–H groups in total. The fraction of sp³-hybridized carbons (Fsp3) is 0.429. The normalized spacial score (nSPS) is 18.3. The third-order valence-corrected chi connectivity index (χ3v) is 7.51. The quantitative estimate of drug-likeness (QED) is 0.646. The van der Waals surface area contributed by atoms with Crippen LogP contribution in [0.5, 0.6) is 0 Å². The van der Waals surface area contributed by atoms with Crippen molar-refractivity contribution in [1.29, 1.82) is 0 Å². The molecule has 1 aromatic carbocycles. The van der Waals surface area contributed by atoms with E-state index in [1.54, 1.807) is 4.68 Å². The molecule has 0 spiro atoms. The number of aromatic nitrogens is 3. The van der Waals surface area contributed by atoms with Crippen molar-refractivity contribution < 1.29 is 13.2 Å². The van der Waals surface area contributed by atoms with E-state index in [1.807, 2.05) is 38.2 Å². The highest BCUT2D eigenvalue weighted by Gasteiger charge is 2.31. The van der Waals surface area contributed by atoms with Gasteiger partial charge in [-0.1, -0.05) is 18.2 Å². The fourth-order valence-electron chi connectivity index (χ4n) is 4.17. The Morgan fingerprint density at radius 2 is 2.10 bits per heavy atom. The van der Waals surface area contributed by atoms with E-state index >= 15 is 0 Å². The van der Waals surface area contributed by atoms with Gasteiger partial charge in [0.1, 0.15) is 0 Å². The number of carbonyl (C=O) groups is 1. The van der Waals surface area contributed by atoms with E-state index in [4.69, 9.17) is 0 Å². The second kappa shape index (κ2) is 7.67. The molecule has 1 atom stereocenters. The predicted molar refractivity (Wildman–Crippen MR) is 113 cm³/mol. The van der Waals surface area contributed by atoms with Crippen molar-refractivity contribution in [3.8, 4) is 0 Å². The van der Waals surface area contributed by atoms with Crippen LogP contribution in [0.4, 0.5) is 0 Å². The zero-order valence-corrected chi connectivity index (χ0v) is 17.6. The van der Waals surface area contributed by atoms with Crippen LogP contribution in [0.25, 0.3) is 10.9 Å². The molecule has 0 radical (unpaired) electrons. The van der Waals surface area contributed by atoms with E-state index in [0.29, 0.717) is 13.0 Å². The lowest BCUT2D eigenvalue weighted by Crippen LogP contribution is -2.27. The Bertz CT molecular complexity index is 1160. The molecule has 4 rings (SSSR count). The minimum absolute atomic E-state index is 0.0466. The number of hydrogen-bond acceptors (Lipinski definition) is 4. The van der Waals surface area contributed by atoms with Crippen molar-refractivity contribution in [3.05, 3.63) is 53.0 Å². The van der Waals surface area contributed by atoms with E-state index in [-0.39, 0.29) is 29.9 Å². The number of benzene rings is 1. The van der Waals surface area contributed by atoms with Gasteiger partial charge >= 0.3 is 0 Å². The number of sulfone groups is 1. The molecule has 1 aliphatic heterocycles. The molecule has 0 saturated carbocycles. The summed E-state index contributed by atoms with van der Waals surface area (Å²) in [6.07, 6.45) is 3.59. The van der Waals surface area contributed by atoms with Gasteiger partial charge in [-0.2, -0.15) is 5.10 Å². The van der Waals surface area contributed by atoms with Crippen LogP contribution in [0.3, 0.4) is 0 Å². The Labute approximate surface area is 170 Å². The van der Waals surface area contributed by atoms with Crippen molar-refractivity contribution >= 4 is 26.6 Å². The Hall–Kier alpha value is -2.61. The smallest absolute Gasteiger partial charge is 0.224 e. The molecule has 7 nitrogen and oxygen atoms in total. The number of aromatic amines is 1. The van der Waals surface area contributed by atoms with Crippen LogP contribution >= 0.6 is 0 Å². The first kappa shape index (κ1) is 19.7. The number of carbonyl (C=O) groups excluding carboxylic acids is 1. The summed E-state index contributed by atoms with van der Waals surface area (Å²) in [6.45, 7) is 4.36. The Morgan fingerprint density at radius 1 is 1.31 bits per heavy atom. The molecule has 3 aromatic rings. The highest BCUT2D eigenvalue weighted by molar-refractivity contribution is 7.91. The van der Waals surface area contributed by atoms with Gasteiger partial charge in [0.05, 0.1) is 29.7 Å². The molecule has 1 fully saturated rings. The van der Waals surface area contributed by atoms with Crippen LogP contribution in [0, 0.1) is 13.8 Å². The molecule has 1 unspecified atom stereocenters. The van der Waals surface area contributed by atoms with Gasteiger partial charge < -0.3 is 10.3 Å². The lowest BCUT2D eigenvalue weighted by Gasteiger charge is -2.11. The van der Waals surface area contributed by atoms with Crippen molar-refractivity contribution in [1.82, 2.24) is 20.1 Å². The molecule has 1 aliphatic rings. The summed E-state index contributed by atoms with van der Waals surface area (Å²) in [6, 6.07) is 7.99. The van der Waals surface area contributed by atoms with Gasteiger partial charge in [0.15, 0.2) is 9.84 Å². The first-order valence-corrected chi connectivity index (χ1v) is 11.7. The number of fused-ring (bicyclic) bond motifs is 1. The highest BCUT2D eigenvalue weighted by Crippen LogP contribution is 2.27. The second-order valence-corrected chi connectivity index (χ2v) is 10.0. The van der Waals surface area contributed by atoms with Crippen LogP contribution in [0.1, 0.15) is 35.0 Å². The number of nitrogens with one attached hydrogen (secondary N) is 2. The molecule has 3 heterocycles. The molecule has 29 heavy (non-hydrogen) atoms. The maximum absolute atomic E-state index is 12.5. The average molecular weight is 415 g/mol. The number of nitrogens with zero attached hydrogens (tertiary/aromatic N) is 2. The Kier molecular flexibility index (Phi) is 5.21. The van der Waals surface area contributed by atoms with Gasteiger partial charge in [-0.25, -0.2) is 8.42 Å². The van der Waals surface area contributed by atoms with Crippen LogP contribution in [-0.2, 0) is 27.5 Å². The van der Waals surface area contributed by atoms with Crippen molar-refractivity contribution in [2.75, 3.05) is 18.1 Å².